The molecule has 0 N–H and O–H groups in total. The Kier molecular flexibility index (Phi) is 6.80. The van der Waals surface area contributed by atoms with Crippen molar-refractivity contribution in [3.05, 3.63) is 35.7 Å². The second kappa shape index (κ2) is 9.30. The van der Waals surface area contributed by atoms with Crippen LogP contribution in [0.4, 0.5) is 0 Å². The molecular formula is C21H30N4O3. The van der Waals surface area contributed by atoms with Crippen LogP contribution in [-0.4, -0.2) is 64.7 Å². The largest absolute Gasteiger partial charge is 0.368 e. The molecule has 1 fully saturated rings. The highest BCUT2D eigenvalue weighted by atomic mass is 16.5. The number of carbonyl (C=O) groups excluding carboxylic acids is 1. The van der Waals surface area contributed by atoms with Crippen molar-refractivity contribution in [1.29, 1.82) is 0 Å². The predicted molar refractivity (Wildman–Crippen MR) is 107 cm³/mol. The van der Waals surface area contributed by atoms with Crippen LogP contribution in [0.3, 0.4) is 0 Å². The van der Waals surface area contributed by atoms with Gasteiger partial charge in [-0.3, -0.25) is 9.69 Å². The van der Waals surface area contributed by atoms with Crippen LogP contribution in [-0.2, 0) is 16.1 Å². The molecule has 2 heterocycles. The zero-order valence-electron chi connectivity index (χ0n) is 17.2. The minimum Gasteiger partial charge on any atom is -0.368 e. The van der Waals surface area contributed by atoms with E-state index in [0.29, 0.717) is 43.9 Å². The van der Waals surface area contributed by atoms with Crippen LogP contribution in [0.5, 0.6) is 0 Å². The third-order valence-electron chi connectivity index (χ3n) is 4.85. The molecule has 0 saturated carbocycles. The molecule has 28 heavy (non-hydrogen) atoms. The van der Waals surface area contributed by atoms with Gasteiger partial charge in [0.25, 0.3) is 5.91 Å². The fraction of sp³-hybridized carbons (Fsp3) is 0.571. The summed E-state index contributed by atoms with van der Waals surface area (Å²) in [6, 6.07) is 8.06. The van der Waals surface area contributed by atoms with Gasteiger partial charge in [-0.15, -0.1) is 0 Å². The van der Waals surface area contributed by atoms with E-state index in [1.807, 2.05) is 43.0 Å². The van der Waals surface area contributed by atoms with Crippen molar-refractivity contribution in [3.63, 3.8) is 0 Å². The van der Waals surface area contributed by atoms with E-state index < -0.39 is 0 Å². The molecule has 1 atom stereocenters. The lowest BCUT2D eigenvalue weighted by Crippen LogP contribution is -2.51. The summed E-state index contributed by atoms with van der Waals surface area (Å²) in [5, 5.41) is 4.09. The van der Waals surface area contributed by atoms with Crippen LogP contribution in [0, 0.1) is 12.8 Å². The van der Waals surface area contributed by atoms with Gasteiger partial charge in [0.15, 0.2) is 0 Å². The minimum atomic E-state index is -0.387. The zero-order valence-corrected chi connectivity index (χ0v) is 17.2. The van der Waals surface area contributed by atoms with Gasteiger partial charge < -0.3 is 14.2 Å². The van der Waals surface area contributed by atoms with Gasteiger partial charge in [0.1, 0.15) is 6.10 Å². The fourth-order valence-electron chi connectivity index (χ4n) is 3.12. The van der Waals surface area contributed by atoms with E-state index in [9.17, 15) is 4.79 Å². The molecule has 0 aliphatic carbocycles. The molecule has 2 aromatic rings. The molecule has 1 amide bonds. The SMILES string of the molecule is Cc1ccc(-c2noc(CN3CCN(C(=O)[C@H](C)OCC(C)C)CC3)n2)cc1. The first-order valence-electron chi connectivity index (χ1n) is 9.94. The second-order valence-electron chi connectivity index (χ2n) is 7.85. The number of aryl methyl sites for hydroxylation is 1. The highest BCUT2D eigenvalue weighted by Crippen LogP contribution is 2.17. The summed E-state index contributed by atoms with van der Waals surface area (Å²) in [6.07, 6.45) is -0.387. The van der Waals surface area contributed by atoms with Gasteiger partial charge in [0, 0.05) is 38.3 Å². The van der Waals surface area contributed by atoms with Gasteiger partial charge in [0.2, 0.25) is 11.7 Å². The summed E-state index contributed by atoms with van der Waals surface area (Å²) in [4.78, 5) is 21.1. The smallest absolute Gasteiger partial charge is 0.251 e. The number of ether oxygens (including phenoxy) is 1. The van der Waals surface area contributed by atoms with Crippen LogP contribution in [0.15, 0.2) is 28.8 Å². The number of amides is 1. The molecule has 0 bridgehead atoms. The van der Waals surface area contributed by atoms with Crippen molar-refractivity contribution >= 4 is 5.91 Å². The number of piperazine rings is 1. The summed E-state index contributed by atoms with van der Waals surface area (Å²) in [6.45, 7) is 12.2. The maximum absolute atomic E-state index is 12.5. The zero-order chi connectivity index (χ0) is 20.1. The molecule has 0 radical (unpaired) electrons. The Morgan fingerprint density at radius 3 is 2.46 bits per heavy atom. The van der Waals surface area contributed by atoms with E-state index in [1.165, 1.54) is 5.56 Å². The highest BCUT2D eigenvalue weighted by molar-refractivity contribution is 5.80. The Hall–Kier alpha value is -2.25. The van der Waals surface area contributed by atoms with Crippen LogP contribution in [0.2, 0.25) is 0 Å². The van der Waals surface area contributed by atoms with Crippen molar-refractivity contribution in [1.82, 2.24) is 19.9 Å². The molecule has 152 valence electrons. The molecule has 1 aliphatic rings. The molecule has 0 unspecified atom stereocenters. The van der Waals surface area contributed by atoms with Gasteiger partial charge in [-0.2, -0.15) is 4.98 Å². The first-order valence-corrected chi connectivity index (χ1v) is 9.94. The maximum Gasteiger partial charge on any atom is 0.251 e. The first kappa shape index (κ1) is 20.5. The van der Waals surface area contributed by atoms with E-state index >= 15 is 0 Å². The fourth-order valence-corrected chi connectivity index (χ4v) is 3.12. The van der Waals surface area contributed by atoms with Gasteiger partial charge in [0.05, 0.1) is 6.54 Å². The molecule has 3 rings (SSSR count). The second-order valence-corrected chi connectivity index (χ2v) is 7.85. The first-order chi connectivity index (χ1) is 13.4. The lowest BCUT2D eigenvalue weighted by molar-refractivity contribution is -0.145. The number of carbonyl (C=O) groups is 1. The van der Waals surface area contributed by atoms with Gasteiger partial charge in [-0.25, -0.2) is 0 Å². The Morgan fingerprint density at radius 1 is 1.14 bits per heavy atom. The average molecular weight is 386 g/mol. The number of benzene rings is 1. The molecular weight excluding hydrogens is 356 g/mol. The van der Waals surface area contributed by atoms with Gasteiger partial charge >= 0.3 is 0 Å². The maximum atomic E-state index is 12.5. The molecule has 0 spiro atoms. The lowest BCUT2D eigenvalue weighted by atomic mass is 10.1. The average Bonchev–Trinajstić information content (AvgIpc) is 3.15. The summed E-state index contributed by atoms with van der Waals surface area (Å²) in [5.74, 6) is 1.70. The van der Waals surface area contributed by atoms with Crippen molar-refractivity contribution in [2.75, 3.05) is 32.8 Å². The molecule has 1 aromatic heterocycles. The highest BCUT2D eigenvalue weighted by Gasteiger charge is 2.26. The van der Waals surface area contributed by atoms with Crippen molar-refractivity contribution < 1.29 is 14.1 Å². The summed E-state index contributed by atoms with van der Waals surface area (Å²) < 4.78 is 11.1. The van der Waals surface area contributed by atoms with Gasteiger partial charge in [-0.1, -0.05) is 48.8 Å². The lowest BCUT2D eigenvalue weighted by Gasteiger charge is -2.35. The predicted octanol–water partition coefficient (Wildman–Crippen LogP) is 2.75. The molecule has 7 heteroatoms. The van der Waals surface area contributed by atoms with E-state index in [0.717, 1.165) is 18.7 Å². The van der Waals surface area contributed by atoms with Crippen molar-refractivity contribution in [2.24, 2.45) is 5.92 Å². The molecule has 1 saturated heterocycles. The van der Waals surface area contributed by atoms with Crippen molar-refractivity contribution in [2.45, 2.75) is 40.3 Å². The number of rotatable bonds is 7. The van der Waals surface area contributed by atoms with Gasteiger partial charge in [-0.05, 0) is 19.8 Å². The van der Waals surface area contributed by atoms with Crippen LogP contribution < -0.4 is 0 Å². The minimum absolute atomic E-state index is 0.0692. The third kappa shape index (κ3) is 5.39. The summed E-state index contributed by atoms with van der Waals surface area (Å²) >= 11 is 0. The van der Waals surface area contributed by atoms with E-state index in [2.05, 4.69) is 28.9 Å². The Balaban J connectivity index is 1.48. The number of aromatic nitrogens is 2. The Labute approximate surface area is 166 Å². The Bertz CT molecular complexity index is 764. The number of hydrogen-bond acceptors (Lipinski definition) is 6. The topological polar surface area (TPSA) is 71.7 Å². The monoisotopic (exact) mass is 386 g/mol. The van der Waals surface area contributed by atoms with E-state index in [4.69, 9.17) is 9.26 Å². The number of hydrogen-bond donors (Lipinski definition) is 0. The summed E-state index contributed by atoms with van der Waals surface area (Å²) in [7, 11) is 0. The standard InChI is InChI=1S/C21H30N4O3/c1-15(2)14-27-17(4)21(26)25-11-9-24(10-12-25)13-19-22-20(23-28-19)18-7-5-16(3)6-8-18/h5-8,15,17H,9-14H2,1-4H3/t17-/m0/s1. The molecule has 1 aliphatic heterocycles. The van der Waals surface area contributed by atoms with Crippen LogP contribution >= 0.6 is 0 Å². The Morgan fingerprint density at radius 2 is 1.82 bits per heavy atom. The van der Waals surface area contributed by atoms with Crippen molar-refractivity contribution in [3.8, 4) is 11.4 Å². The normalized spacial score (nSPS) is 16.5. The molecule has 1 aromatic carbocycles. The summed E-state index contributed by atoms with van der Waals surface area (Å²) in [5.41, 5.74) is 2.15. The third-order valence-corrected chi connectivity index (χ3v) is 4.85. The van der Waals surface area contributed by atoms with E-state index in [-0.39, 0.29) is 12.0 Å². The van der Waals surface area contributed by atoms with Crippen LogP contribution in [0.1, 0.15) is 32.2 Å². The quantitative estimate of drug-likeness (QED) is 0.729. The number of nitrogens with zero attached hydrogens (tertiary/aromatic N) is 4. The van der Waals surface area contributed by atoms with Crippen LogP contribution in [0.25, 0.3) is 11.4 Å². The van der Waals surface area contributed by atoms with E-state index in [1.54, 1.807) is 0 Å². The molecule has 7 nitrogen and oxygen atoms in total.